The first kappa shape index (κ1) is 11.0. The second kappa shape index (κ2) is 5.60. The number of rotatable bonds is 1. The lowest BCUT2D eigenvalue weighted by molar-refractivity contribution is 0.854. The molecule has 1 aliphatic heterocycles. The van der Waals surface area contributed by atoms with E-state index in [1.807, 2.05) is 33.0 Å². The first-order chi connectivity index (χ1) is 6.86. The van der Waals surface area contributed by atoms with Gasteiger partial charge in [-0.15, -0.1) is 0 Å². The van der Waals surface area contributed by atoms with Gasteiger partial charge >= 0.3 is 0 Å². The minimum atomic E-state index is 0.949. The van der Waals surface area contributed by atoms with Crippen molar-refractivity contribution in [1.29, 1.82) is 0 Å². The third kappa shape index (κ3) is 2.70. The van der Waals surface area contributed by atoms with Gasteiger partial charge in [0.05, 0.1) is 18.6 Å². The third-order valence-electron chi connectivity index (χ3n) is 2.12. The molecular weight excluding hydrogens is 174 g/mol. The summed E-state index contributed by atoms with van der Waals surface area (Å²) in [5, 5.41) is 3.28. The fraction of sp³-hybridized carbons (Fsp3) is 0.545. The zero-order chi connectivity index (χ0) is 10.4. The SMILES string of the molecule is CC.Cc1ccc(N2CCNC2)cn1. The Kier molecular flexibility index (Phi) is 4.40. The maximum absolute atomic E-state index is 4.25. The topological polar surface area (TPSA) is 28.2 Å². The van der Waals surface area contributed by atoms with E-state index >= 15 is 0 Å². The van der Waals surface area contributed by atoms with Crippen LogP contribution in [0, 0.1) is 6.92 Å². The molecule has 3 heteroatoms. The van der Waals surface area contributed by atoms with Crippen molar-refractivity contribution in [2.75, 3.05) is 24.7 Å². The van der Waals surface area contributed by atoms with Crippen molar-refractivity contribution in [3.8, 4) is 0 Å². The summed E-state index contributed by atoms with van der Waals surface area (Å²) < 4.78 is 0. The predicted octanol–water partition coefficient (Wildman–Crippen LogP) is 1.78. The number of aryl methyl sites for hydroxylation is 1. The molecule has 0 amide bonds. The van der Waals surface area contributed by atoms with E-state index in [0.29, 0.717) is 0 Å². The van der Waals surface area contributed by atoms with Gasteiger partial charge < -0.3 is 4.90 Å². The molecule has 78 valence electrons. The van der Waals surface area contributed by atoms with Crippen molar-refractivity contribution in [2.45, 2.75) is 20.8 Å². The molecule has 3 nitrogen and oxygen atoms in total. The lowest BCUT2D eigenvalue weighted by Crippen LogP contribution is -2.20. The van der Waals surface area contributed by atoms with E-state index in [2.05, 4.69) is 21.3 Å². The molecule has 0 unspecified atom stereocenters. The smallest absolute Gasteiger partial charge is 0.0683 e. The molecule has 0 radical (unpaired) electrons. The average Bonchev–Trinajstić information content (AvgIpc) is 2.75. The molecule has 1 fully saturated rings. The van der Waals surface area contributed by atoms with Gasteiger partial charge in [-0.2, -0.15) is 0 Å². The highest BCUT2D eigenvalue weighted by Crippen LogP contribution is 2.12. The zero-order valence-electron chi connectivity index (χ0n) is 9.25. The van der Waals surface area contributed by atoms with Crippen molar-refractivity contribution >= 4 is 5.69 Å². The summed E-state index contributed by atoms with van der Waals surface area (Å²) in [4.78, 5) is 6.54. The Labute approximate surface area is 86.2 Å². The lowest BCUT2D eigenvalue weighted by Gasteiger charge is -2.15. The molecule has 1 aromatic heterocycles. The zero-order valence-corrected chi connectivity index (χ0v) is 9.25. The summed E-state index contributed by atoms with van der Waals surface area (Å²) in [5.74, 6) is 0. The Morgan fingerprint density at radius 3 is 2.64 bits per heavy atom. The summed E-state index contributed by atoms with van der Waals surface area (Å²) in [6, 6.07) is 4.17. The van der Waals surface area contributed by atoms with Crippen LogP contribution in [-0.2, 0) is 0 Å². The van der Waals surface area contributed by atoms with Crippen molar-refractivity contribution in [1.82, 2.24) is 10.3 Å². The Morgan fingerprint density at radius 2 is 2.14 bits per heavy atom. The van der Waals surface area contributed by atoms with Crippen LogP contribution in [0.5, 0.6) is 0 Å². The monoisotopic (exact) mass is 193 g/mol. The largest absolute Gasteiger partial charge is 0.356 e. The van der Waals surface area contributed by atoms with Gasteiger partial charge in [-0.05, 0) is 19.1 Å². The molecule has 0 aromatic carbocycles. The molecule has 0 saturated carbocycles. The van der Waals surface area contributed by atoms with Crippen molar-refractivity contribution < 1.29 is 0 Å². The molecule has 0 spiro atoms. The minimum absolute atomic E-state index is 0.949. The highest BCUT2D eigenvalue weighted by molar-refractivity contribution is 5.45. The number of hydrogen-bond donors (Lipinski definition) is 1. The maximum atomic E-state index is 4.25. The average molecular weight is 193 g/mol. The first-order valence-electron chi connectivity index (χ1n) is 5.24. The summed E-state index contributed by atoms with van der Waals surface area (Å²) in [7, 11) is 0. The quantitative estimate of drug-likeness (QED) is 0.737. The molecule has 1 aromatic rings. The van der Waals surface area contributed by atoms with E-state index in [-0.39, 0.29) is 0 Å². The minimum Gasteiger partial charge on any atom is -0.356 e. The van der Waals surface area contributed by atoms with Crippen molar-refractivity contribution in [2.24, 2.45) is 0 Å². The number of aromatic nitrogens is 1. The van der Waals surface area contributed by atoms with Crippen LogP contribution in [0.3, 0.4) is 0 Å². The second-order valence-electron chi connectivity index (χ2n) is 3.08. The van der Waals surface area contributed by atoms with Gasteiger partial charge in [-0.3, -0.25) is 10.3 Å². The summed E-state index contributed by atoms with van der Waals surface area (Å²) >= 11 is 0. The summed E-state index contributed by atoms with van der Waals surface area (Å²) in [6.07, 6.45) is 1.93. The third-order valence-corrected chi connectivity index (χ3v) is 2.12. The van der Waals surface area contributed by atoms with Crippen LogP contribution in [0.15, 0.2) is 18.3 Å². The van der Waals surface area contributed by atoms with E-state index in [1.165, 1.54) is 5.69 Å². The summed E-state index contributed by atoms with van der Waals surface area (Å²) in [6.45, 7) is 9.12. The Hall–Kier alpha value is -1.09. The predicted molar refractivity (Wildman–Crippen MR) is 60.5 cm³/mol. The van der Waals surface area contributed by atoms with Gasteiger partial charge in [0.25, 0.3) is 0 Å². The van der Waals surface area contributed by atoms with Gasteiger partial charge in [0.2, 0.25) is 0 Å². The molecule has 2 rings (SSSR count). The molecule has 0 bridgehead atoms. The van der Waals surface area contributed by atoms with Crippen LogP contribution in [0.25, 0.3) is 0 Å². The van der Waals surface area contributed by atoms with Gasteiger partial charge in [0, 0.05) is 18.8 Å². The molecule has 1 N–H and O–H groups in total. The van der Waals surface area contributed by atoms with Crippen LogP contribution in [0.2, 0.25) is 0 Å². The molecule has 2 heterocycles. The Bertz CT molecular complexity index is 250. The Morgan fingerprint density at radius 1 is 1.36 bits per heavy atom. The molecule has 0 atom stereocenters. The number of nitrogens with one attached hydrogen (secondary N) is 1. The number of hydrogen-bond acceptors (Lipinski definition) is 3. The van der Waals surface area contributed by atoms with Crippen LogP contribution >= 0.6 is 0 Å². The highest BCUT2D eigenvalue weighted by atomic mass is 15.3. The standard InChI is InChI=1S/C9H13N3.C2H6/c1-8-2-3-9(6-11-8)12-5-4-10-7-12;1-2/h2-3,6,10H,4-5,7H2,1H3;1-2H3. The molecule has 14 heavy (non-hydrogen) atoms. The fourth-order valence-electron chi connectivity index (χ4n) is 1.37. The number of pyridine rings is 1. The van der Waals surface area contributed by atoms with Crippen LogP contribution < -0.4 is 10.2 Å². The first-order valence-corrected chi connectivity index (χ1v) is 5.24. The van der Waals surface area contributed by atoms with Crippen molar-refractivity contribution in [3.63, 3.8) is 0 Å². The summed E-state index contributed by atoms with van der Waals surface area (Å²) in [5.41, 5.74) is 2.29. The number of anilines is 1. The van der Waals surface area contributed by atoms with Gasteiger partial charge in [0.1, 0.15) is 0 Å². The Balaban J connectivity index is 0.000000461. The normalized spacial score (nSPS) is 14.9. The van der Waals surface area contributed by atoms with E-state index in [4.69, 9.17) is 0 Å². The van der Waals surface area contributed by atoms with Crippen molar-refractivity contribution in [3.05, 3.63) is 24.0 Å². The van der Waals surface area contributed by atoms with E-state index < -0.39 is 0 Å². The van der Waals surface area contributed by atoms with Gasteiger partial charge in [-0.25, -0.2) is 0 Å². The van der Waals surface area contributed by atoms with E-state index in [9.17, 15) is 0 Å². The lowest BCUT2D eigenvalue weighted by atomic mass is 10.3. The molecule has 1 saturated heterocycles. The number of nitrogens with zero attached hydrogens (tertiary/aromatic N) is 2. The molecule has 0 aliphatic carbocycles. The van der Waals surface area contributed by atoms with Crippen LogP contribution in [-0.4, -0.2) is 24.7 Å². The van der Waals surface area contributed by atoms with Crippen LogP contribution in [0.1, 0.15) is 19.5 Å². The van der Waals surface area contributed by atoms with Gasteiger partial charge in [0.15, 0.2) is 0 Å². The highest BCUT2D eigenvalue weighted by Gasteiger charge is 2.10. The maximum Gasteiger partial charge on any atom is 0.0683 e. The second-order valence-corrected chi connectivity index (χ2v) is 3.08. The van der Waals surface area contributed by atoms with Gasteiger partial charge in [-0.1, -0.05) is 13.8 Å². The fourth-order valence-corrected chi connectivity index (χ4v) is 1.37. The molecule has 1 aliphatic rings. The molecular formula is C11H19N3. The van der Waals surface area contributed by atoms with Crippen LogP contribution in [0.4, 0.5) is 5.69 Å². The van der Waals surface area contributed by atoms with E-state index in [1.54, 1.807) is 0 Å². The van der Waals surface area contributed by atoms with E-state index in [0.717, 1.165) is 25.5 Å².